The van der Waals surface area contributed by atoms with Crippen LogP contribution in [0.5, 0.6) is 5.75 Å². The first-order valence-corrected chi connectivity index (χ1v) is 6.67. The normalized spacial score (nSPS) is 18.5. The number of anilines is 1. The minimum Gasteiger partial charge on any atom is -0.486 e. The standard InChI is InChI=1S/C14H18ClNO2/c1-9(2)14-8-16(3)11-6-10(12(17)7-15)4-5-13(11)18-14/h4-6,9,14H,7-8H2,1-3H3. The lowest BCUT2D eigenvalue weighted by molar-refractivity contribution is 0.102. The molecule has 0 fully saturated rings. The lowest BCUT2D eigenvalue weighted by atomic mass is 10.0. The van der Waals surface area contributed by atoms with Gasteiger partial charge in [-0.3, -0.25) is 4.79 Å². The van der Waals surface area contributed by atoms with Gasteiger partial charge in [0.05, 0.1) is 18.1 Å². The molecule has 1 aromatic rings. The number of Topliss-reactive ketones (excluding diaryl/α,β-unsaturated/α-hetero) is 1. The molecule has 98 valence electrons. The molecule has 4 heteroatoms. The summed E-state index contributed by atoms with van der Waals surface area (Å²) in [6.45, 7) is 5.13. The molecule has 0 saturated carbocycles. The summed E-state index contributed by atoms with van der Waals surface area (Å²) in [4.78, 5) is 13.7. The van der Waals surface area contributed by atoms with E-state index in [1.54, 1.807) is 6.07 Å². The number of ketones is 1. The van der Waals surface area contributed by atoms with Crippen LogP contribution < -0.4 is 9.64 Å². The van der Waals surface area contributed by atoms with Crippen LogP contribution in [0.2, 0.25) is 0 Å². The van der Waals surface area contributed by atoms with Crippen LogP contribution in [0.3, 0.4) is 0 Å². The fraction of sp³-hybridized carbons (Fsp3) is 0.500. The van der Waals surface area contributed by atoms with E-state index in [0.717, 1.165) is 18.0 Å². The van der Waals surface area contributed by atoms with Crippen LogP contribution in [-0.4, -0.2) is 31.4 Å². The maximum Gasteiger partial charge on any atom is 0.177 e. The van der Waals surface area contributed by atoms with E-state index < -0.39 is 0 Å². The van der Waals surface area contributed by atoms with E-state index in [-0.39, 0.29) is 17.8 Å². The van der Waals surface area contributed by atoms with Gasteiger partial charge in [0.1, 0.15) is 11.9 Å². The summed E-state index contributed by atoms with van der Waals surface area (Å²) in [5.41, 5.74) is 1.60. The lowest BCUT2D eigenvalue weighted by Gasteiger charge is -2.36. The summed E-state index contributed by atoms with van der Waals surface area (Å²) >= 11 is 5.58. The monoisotopic (exact) mass is 267 g/mol. The zero-order valence-corrected chi connectivity index (χ0v) is 11.7. The van der Waals surface area contributed by atoms with Crippen LogP contribution in [-0.2, 0) is 0 Å². The molecule has 0 spiro atoms. The first kappa shape index (κ1) is 13.2. The first-order valence-electron chi connectivity index (χ1n) is 6.14. The maximum atomic E-state index is 11.6. The minimum absolute atomic E-state index is 0.0119. The molecule has 3 nitrogen and oxygen atoms in total. The van der Waals surface area contributed by atoms with E-state index in [2.05, 4.69) is 18.7 Å². The van der Waals surface area contributed by atoms with Gasteiger partial charge in [-0.2, -0.15) is 0 Å². The van der Waals surface area contributed by atoms with Gasteiger partial charge in [-0.15, -0.1) is 11.6 Å². The third-order valence-corrected chi connectivity index (χ3v) is 3.53. The summed E-state index contributed by atoms with van der Waals surface area (Å²) in [5, 5.41) is 0. The van der Waals surface area contributed by atoms with Crippen molar-refractivity contribution < 1.29 is 9.53 Å². The van der Waals surface area contributed by atoms with Crippen LogP contribution in [0.15, 0.2) is 18.2 Å². The summed E-state index contributed by atoms with van der Waals surface area (Å²) in [5.74, 6) is 1.26. The Bertz CT molecular complexity index is 459. The van der Waals surface area contributed by atoms with E-state index >= 15 is 0 Å². The largest absolute Gasteiger partial charge is 0.486 e. The number of hydrogen-bond acceptors (Lipinski definition) is 3. The molecule has 0 bridgehead atoms. The average molecular weight is 268 g/mol. The molecule has 0 radical (unpaired) electrons. The molecular weight excluding hydrogens is 250 g/mol. The van der Waals surface area contributed by atoms with Gasteiger partial charge in [0.15, 0.2) is 5.78 Å². The molecule has 0 amide bonds. The Morgan fingerprint density at radius 1 is 1.56 bits per heavy atom. The average Bonchev–Trinajstić information content (AvgIpc) is 2.37. The van der Waals surface area contributed by atoms with E-state index in [1.165, 1.54) is 0 Å². The summed E-state index contributed by atoms with van der Waals surface area (Å²) in [6, 6.07) is 5.50. The Morgan fingerprint density at radius 2 is 2.28 bits per heavy atom. The maximum absolute atomic E-state index is 11.6. The fourth-order valence-electron chi connectivity index (χ4n) is 2.08. The Hall–Kier alpha value is -1.22. The number of carbonyl (C=O) groups excluding carboxylic acids is 1. The Kier molecular flexibility index (Phi) is 3.81. The third kappa shape index (κ3) is 2.46. The molecule has 1 atom stereocenters. The number of hydrogen-bond donors (Lipinski definition) is 0. The Morgan fingerprint density at radius 3 is 2.89 bits per heavy atom. The van der Waals surface area contributed by atoms with Crippen molar-refractivity contribution in [1.82, 2.24) is 0 Å². The van der Waals surface area contributed by atoms with Gasteiger partial charge in [0, 0.05) is 12.6 Å². The number of ether oxygens (including phenoxy) is 1. The molecule has 1 heterocycles. The van der Waals surface area contributed by atoms with Crippen molar-refractivity contribution in [3.63, 3.8) is 0 Å². The highest BCUT2D eigenvalue weighted by atomic mass is 35.5. The Balaban J connectivity index is 2.32. The number of fused-ring (bicyclic) bond motifs is 1. The molecule has 0 N–H and O–H groups in total. The molecule has 1 aromatic carbocycles. The van der Waals surface area contributed by atoms with Crippen molar-refractivity contribution in [2.45, 2.75) is 20.0 Å². The van der Waals surface area contributed by atoms with Crippen LogP contribution >= 0.6 is 11.6 Å². The highest BCUT2D eigenvalue weighted by Crippen LogP contribution is 2.35. The van der Waals surface area contributed by atoms with E-state index in [1.807, 2.05) is 19.2 Å². The lowest BCUT2D eigenvalue weighted by Crippen LogP contribution is -2.40. The summed E-state index contributed by atoms with van der Waals surface area (Å²) < 4.78 is 5.95. The zero-order valence-electron chi connectivity index (χ0n) is 10.9. The van der Waals surface area contributed by atoms with Crippen molar-refractivity contribution in [3.8, 4) is 5.75 Å². The second kappa shape index (κ2) is 5.19. The van der Waals surface area contributed by atoms with Crippen molar-refractivity contribution in [2.24, 2.45) is 5.92 Å². The quantitative estimate of drug-likeness (QED) is 0.623. The van der Waals surface area contributed by atoms with E-state index in [4.69, 9.17) is 16.3 Å². The van der Waals surface area contributed by atoms with Gasteiger partial charge in [-0.05, 0) is 24.1 Å². The SMILES string of the molecule is CC(C)C1CN(C)c2cc(C(=O)CCl)ccc2O1. The van der Waals surface area contributed by atoms with Crippen LogP contribution in [0.1, 0.15) is 24.2 Å². The van der Waals surface area contributed by atoms with Crippen molar-refractivity contribution in [1.29, 1.82) is 0 Å². The number of rotatable bonds is 3. The van der Waals surface area contributed by atoms with Crippen molar-refractivity contribution >= 4 is 23.1 Å². The number of carbonyl (C=O) groups is 1. The highest BCUT2D eigenvalue weighted by Gasteiger charge is 2.26. The smallest absolute Gasteiger partial charge is 0.177 e. The first-order chi connectivity index (χ1) is 8.52. The molecule has 0 aliphatic carbocycles. The van der Waals surface area contributed by atoms with Gasteiger partial charge in [-0.25, -0.2) is 0 Å². The van der Waals surface area contributed by atoms with Gasteiger partial charge < -0.3 is 9.64 Å². The predicted octanol–water partition coefficient (Wildman–Crippen LogP) is 2.96. The number of halogens is 1. The third-order valence-electron chi connectivity index (χ3n) is 3.29. The molecule has 18 heavy (non-hydrogen) atoms. The molecule has 2 rings (SSSR count). The van der Waals surface area contributed by atoms with Crippen LogP contribution in [0.25, 0.3) is 0 Å². The summed E-state index contributed by atoms with van der Waals surface area (Å²) in [6.07, 6.45) is 0.192. The molecular formula is C14H18ClNO2. The minimum atomic E-state index is -0.0566. The fourth-order valence-corrected chi connectivity index (χ4v) is 2.24. The van der Waals surface area contributed by atoms with Gasteiger partial charge in [0.25, 0.3) is 0 Å². The van der Waals surface area contributed by atoms with Gasteiger partial charge >= 0.3 is 0 Å². The molecule has 0 aromatic heterocycles. The second-order valence-corrected chi connectivity index (χ2v) is 5.29. The van der Waals surface area contributed by atoms with E-state index in [9.17, 15) is 4.79 Å². The molecule has 1 unspecified atom stereocenters. The topological polar surface area (TPSA) is 29.5 Å². The predicted molar refractivity (Wildman–Crippen MR) is 74.0 cm³/mol. The molecule has 0 saturated heterocycles. The number of alkyl halides is 1. The second-order valence-electron chi connectivity index (χ2n) is 5.02. The molecule has 1 aliphatic heterocycles. The van der Waals surface area contributed by atoms with Gasteiger partial charge in [-0.1, -0.05) is 13.8 Å². The van der Waals surface area contributed by atoms with E-state index in [0.29, 0.717) is 11.5 Å². The highest BCUT2D eigenvalue weighted by molar-refractivity contribution is 6.30. The number of benzene rings is 1. The van der Waals surface area contributed by atoms with Crippen LogP contribution in [0, 0.1) is 5.92 Å². The van der Waals surface area contributed by atoms with Gasteiger partial charge in [0.2, 0.25) is 0 Å². The van der Waals surface area contributed by atoms with Crippen molar-refractivity contribution in [3.05, 3.63) is 23.8 Å². The summed E-state index contributed by atoms with van der Waals surface area (Å²) in [7, 11) is 2.02. The Labute approximate surface area is 113 Å². The zero-order chi connectivity index (χ0) is 13.3. The number of nitrogens with zero attached hydrogens (tertiary/aromatic N) is 1. The van der Waals surface area contributed by atoms with Crippen molar-refractivity contribution in [2.75, 3.05) is 24.4 Å². The molecule has 1 aliphatic rings. The van der Waals surface area contributed by atoms with Crippen LogP contribution in [0.4, 0.5) is 5.69 Å². The number of likely N-dealkylation sites (N-methyl/N-ethyl adjacent to an activating group) is 1.